The van der Waals surface area contributed by atoms with Crippen LogP contribution in [0, 0.1) is 5.92 Å². The standard InChI is InChI=1S/C17H25N3O3/c1-13(2)11-15-16(21)20(17(22)18-15)12-19(3)9-10-23-14-7-5-4-6-8-14/h4-8,13,15H,9-12H2,1-3H3,(H,18,22). The van der Waals surface area contributed by atoms with Crippen molar-refractivity contribution in [3.8, 4) is 5.75 Å². The maximum atomic E-state index is 12.3. The lowest BCUT2D eigenvalue weighted by Crippen LogP contribution is -2.41. The minimum absolute atomic E-state index is 0.139. The molecule has 1 atom stereocenters. The zero-order valence-electron chi connectivity index (χ0n) is 14.0. The summed E-state index contributed by atoms with van der Waals surface area (Å²) in [6.45, 7) is 5.47. The highest BCUT2D eigenvalue weighted by Crippen LogP contribution is 2.14. The Kier molecular flexibility index (Phi) is 5.98. The van der Waals surface area contributed by atoms with Crippen LogP contribution in [0.15, 0.2) is 30.3 Å². The van der Waals surface area contributed by atoms with Gasteiger partial charge in [-0.2, -0.15) is 0 Å². The lowest BCUT2D eigenvalue weighted by molar-refractivity contribution is -0.129. The van der Waals surface area contributed by atoms with Gasteiger partial charge in [0.15, 0.2) is 0 Å². The summed E-state index contributed by atoms with van der Waals surface area (Å²) in [5, 5.41) is 2.75. The highest BCUT2D eigenvalue weighted by atomic mass is 16.5. The Morgan fingerprint density at radius 2 is 1.96 bits per heavy atom. The van der Waals surface area contributed by atoms with Crippen LogP contribution in [-0.4, -0.2) is 54.6 Å². The molecule has 0 radical (unpaired) electrons. The molecule has 1 aliphatic rings. The first kappa shape index (κ1) is 17.3. The molecule has 1 aromatic carbocycles. The first-order valence-electron chi connectivity index (χ1n) is 7.95. The van der Waals surface area contributed by atoms with Crippen molar-refractivity contribution in [1.29, 1.82) is 0 Å². The van der Waals surface area contributed by atoms with Crippen molar-refractivity contribution in [2.45, 2.75) is 26.3 Å². The summed E-state index contributed by atoms with van der Waals surface area (Å²) in [5.41, 5.74) is 0. The number of imide groups is 1. The molecule has 1 fully saturated rings. The highest BCUT2D eigenvalue weighted by molar-refractivity contribution is 6.04. The monoisotopic (exact) mass is 319 g/mol. The number of rotatable bonds is 8. The Morgan fingerprint density at radius 1 is 1.26 bits per heavy atom. The molecule has 0 aromatic heterocycles. The number of benzene rings is 1. The lowest BCUT2D eigenvalue weighted by Gasteiger charge is -2.22. The predicted molar refractivity (Wildman–Crippen MR) is 88.1 cm³/mol. The van der Waals surface area contributed by atoms with Crippen LogP contribution in [0.1, 0.15) is 20.3 Å². The van der Waals surface area contributed by atoms with E-state index < -0.39 is 6.04 Å². The topological polar surface area (TPSA) is 61.9 Å². The fourth-order valence-electron chi connectivity index (χ4n) is 2.49. The Labute approximate surface area is 137 Å². The van der Waals surface area contributed by atoms with Crippen molar-refractivity contribution in [2.24, 2.45) is 5.92 Å². The van der Waals surface area contributed by atoms with Crippen molar-refractivity contribution in [3.05, 3.63) is 30.3 Å². The van der Waals surface area contributed by atoms with Gasteiger partial charge in [0.2, 0.25) is 0 Å². The van der Waals surface area contributed by atoms with Gasteiger partial charge in [-0.25, -0.2) is 9.69 Å². The Bertz CT molecular complexity index is 533. The van der Waals surface area contributed by atoms with E-state index in [1.807, 2.05) is 56.1 Å². The molecule has 1 heterocycles. The van der Waals surface area contributed by atoms with Crippen LogP contribution < -0.4 is 10.1 Å². The van der Waals surface area contributed by atoms with Gasteiger partial charge in [0.25, 0.3) is 5.91 Å². The summed E-state index contributed by atoms with van der Waals surface area (Å²) in [4.78, 5) is 27.4. The van der Waals surface area contributed by atoms with Gasteiger partial charge in [-0.05, 0) is 31.5 Å². The second-order valence-electron chi connectivity index (χ2n) is 6.28. The van der Waals surface area contributed by atoms with Gasteiger partial charge in [0.05, 0.1) is 6.67 Å². The van der Waals surface area contributed by atoms with Gasteiger partial charge >= 0.3 is 6.03 Å². The van der Waals surface area contributed by atoms with Crippen molar-refractivity contribution in [3.63, 3.8) is 0 Å². The summed E-state index contributed by atoms with van der Waals surface area (Å²) in [5.74, 6) is 1.04. The van der Waals surface area contributed by atoms with E-state index in [0.29, 0.717) is 25.5 Å². The fraction of sp³-hybridized carbons (Fsp3) is 0.529. The average molecular weight is 319 g/mol. The van der Waals surface area contributed by atoms with E-state index in [1.54, 1.807) is 0 Å². The third kappa shape index (κ3) is 4.96. The number of urea groups is 1. The second-order valence-corrected chi connectivity index (χ2v) is 6.28. The molecule has 3 amide bonds. The molecule has 0 spiro atoms. The summed E-state index contributed by atoms with van der Waals surface area (Å²) in [7, 11) is 1.87. The quantitative estimate of drug-likeness (QED) is 0.744. The van der Waals surface area contributed by atoms with Crippen LogP contribution in [0.5, 0.6) is 5.75 Å². The van der Waals surface area contributed by atoms with Crippen molar-refractivity contribution in [1.82, 2.24) is 15.1 Å². The van der Waals surface area contributed by atoms with E-state index >= 15 is 0 Å². The highest BCUT2D eigenvalue weighted by Gasteiger charge is 2.38. The maximum absolute atomic E-state index is 12.3. The van der Waals surface area contributed by atoms with Crippen LogP contribution in [0.2, 0.25) is 0 Å². The number of hydrogen-bond acceptors (Lipinski definition) is 4. The minimum Gasteiger partial charge on any atom is -0.492 e. The van der Waals surface area contributed by atoms with E-state index in [-0.39, 0.29) is 18.6 Å². The molecule has 1 N–H and O–H groups in total. The number of nitrogens with one attached hydrogen (secondary N) is 1. The van der Waals surface area contributed by atoms with Crippen LogP contribution in [0.3, 0.4) is 0 Å². The van der Waals surface area contributed by atoms with Crippen molar-refractivity contribution < 1.29 is 14.3 Å². The number of carbonyl (C=O) groups is 2. The number of ether oxygens (including phenoxy) is 1. The van der Waals surface area contributed by atoms with Gasteiger partial charge in [-0.1, -0.05) is 32.0 Å². The third-order valence-electron chi connectivity index (χ3n) is 3.68. The Hall–Kier alpha value is -2.08. The van der Waals surface area contributed by atoms with E-state index in [9.17, 15) is 9.59 Å². The number of para-hydroxylation sites is 1. The Morgan fingerprint density at radius 3 is 2.61 bits per heavy atom. The van der Waals surface area contributed by atoms with E-state index in [1.165, 1.54) is 4.90 Å². The molecule has 0 aliphatic carbocycles. The molecule has 126 valence electrons. The van der Waals surface area contributed by atoms with Crippen LogP contribution in [0.4, 0.5) is 4.79 Å². The number of carbonyl (C=O) groups excluding carboxylic acids is 2. The number of amides is 3. The van der Waals surface area contributed by atoms with Crippen LogP contribution in [0.25, 0.3) is 0 Å². The zero-order chi connectivity index (χ0) is 16.8. The van der Waals surface area contributed by atoms with Crippen molar-refractivity contribution >= 4 is 11.9 Å². The molecule has 0 saturated carbocycles. The fourth-order valence-corrected chi connectivity index (χ4v) is 2.49. The summed E-state index contributed by atoms with van der Waals surface area (Å²) in [6, 6.07) is 8.86. The van der Waals surface area contributed by atoms with E-state index in [0.717, 1.165) is 5.75 Å². The molecule has 6 nitrogen and oxygen atoms in total. The third-order valence-corrected chi connectivity index (χ3v) is 3.68. The molecule has 2 rings (SSSR count). The number of nitrogens with zero attached hydrogens (tertiary/aromatic N) is 2. The van der Waals surface area contributed by atoms with Gasteiger partial charge in [0, 0.05) is 6.54 Å². The predicted octanol–water partition coefficient (Wildman–Crippen LogP) is 1.92. The van der Waals surface area contributed by atoms with Crippen LogP contribution in [-0.2, 0) is 4.79 Å². The average Bonchev–Trinajstić information content (AvgIpc) is 2.75. The van der Waals surface area contributed by atoms with Gasteiger partial charge in [-0.3, -0.25) is 9.69 Å². The maximum Gasteiger partial charge on any atom is 0.325 e. The molecular formula is C17H25N3O3. The first-order valence-corrected chi connectivity index (χ1v) is 7.95. The summed E-state index contributed by atoms with van der Waals surface area (Å²) >= 11 is 0. The summed E-state index contributed by atoms with van der Waals surface area (Å²) < 4.78 is 5.62. The molecule has 1 saturated heterocycles. The van der Waals surface area contributed by atoms with Gasteiger partial charge in [-0.15, -0.1) is 0 Å². The largest absolute Gasteiger partial charge is 0.492 e. The molecule has 1 aliphatic heterocycles. The molecule has 1 unspecified atom stereocenters. The SMILES string of the molecule is CC(C)CC1NC(=O)N(CN(C)CCOc2ccccc2)C1=O. The molecule has 0 bridgehead atoms. The molecular weight excluding hydrogens is 294 g/mol. The summed E-state index contributed by atoms with van der Waals surface area (Å²) in [6.07, 6.45) is 0.669. The normalized spacial score (nSPS) is 18.0. The second kappa shape index (κ2) is 7.97. The number of likely N-dealkylation sites (N-methyl/N-ethyl adjacent to an activating group) is 1. The van der Waals surface area contributed by atoms with Crippen molar-refractivity contribution in [2.75, 3.05) is 26.9 Å². The van der Waals surface area contributed by atoms with E-state index in [4.69, 9.17) is 4.74 Å². The van der Waals surface area contributed by atoms with Crippen LogP contribution >= 0.6 is 0 Å². The smallest absolute Gasteiger partial charge is 0.325 e. The van der Waals surface area contributed by atoms with E-state index in [2.05, 4.69) is 5.32 Å². The first-order chi connectivity index (χ1) is 11.0. The molecule has 23 heavy (non-hydrogen) atoms. The van der Waals surface area contributed by atoms with Gasteiger partial charge < -0.3 is 10.1 Å². The zero-order valence-corrected chi connectivity index (χ0v) is 14.0. The lowest BCUT2D eigenvalue weighted by atomic mass is 10.0. The minimum atomic E-state index is -0.392. The van der Waals surface area contributed by atoms with Gasteiger partial charge in [0.1, 0.15) is 18.4 Å². The molecule has 6 heteroatoms. The molecule has 1 aromatic rings. The number of hydrogen-bond donors (Lipinski definition) is 1. The Balaban J connectivity index is 1.77.